The molecule has 0 aliphatic heterocycles. The molecule has 2 rings (SSSR count). The molecule has 1 fully saturated rings. The van der Waals surface area contributed by atoms with Gasteiger partial charge in [0.05, 0.1) is 6.26 Å². The number of halogens is 1. The summed E-state index contributed by atoms with van der Waals surface area (Å²) in [4.78, 5) is 11.7. The molecule has 1 aromatic heterocycles. The Morgan fingerprint density at radius 2 is 2.38 bits per heavy atom. The predicted molar refractivity (Wildman–Crippen MR) is 63.6 cm³/mol. The topological polar surface area (TPSA) is 68.3 Å². The van der Waals surface area contributed by atoms with Crippen LogP contribution in [0.4, 0.5) is 0 Å². The first-order chi connectivity index (χ1) is 7.31. The van der Waals surface area contributed by atoms with Crippen LogP contribution in [0.2, 0.25) is 0 Å². The van der Waals surface area contributed by atoms with Crippen LogP contribution < -0.4 is 11.1 Å². The lowest BCUT2D eigenvalue weighted by atomic mass is 10.0. The number of carbonyl (C=O) groups excluding carboxylic acids is 1. The van der Waals surface area contributed by atoms with Crippen LogP contribution in [0.1, 0.15) is 29.8 Å². The van der Waals surface area contributed by atoms with Crippen LogP contribution in [0.5, 0.6) is 0 Å². The molecule has 1 amide bonds. The van der Waals surface area contributed by atoms with Crippen LogP contribution in [0, 0.1) is 5.92 Å². The fraction of sp³-hybridized carbons (Fsp3) is 0.545. The third-order valence-corrected chi connectivity index (χ3v) is 3.02. The first-order valence-corrected chi connectivity index (χ1v) is 5.35. The summed E-state index contributed by atoms with van der Waals surface area (Å²) < 4.78 is 5.03. The summed E-state index contributed by atoms with van der Waals surface area (Å²) in [5.74, 6) is 0.659. The van der Waals surface area contributed by atoms with Crippen LogP contribution in [0.25, 0.3) is 0 Å². The van der Waals surface area contributed by atoms with E-state index in [1.165, 1.54) is 6.26 Å². The molecule has 1 heterocycles. The van der Waals surface area contributed by atoms with Crippen molar-refractivity contribution in [2.24, 2.45) is 11.7 Å². The molecular formula is C11H17ClN2O2. The molecular weight excluding hydrogens is 228 g/mol. The number of rotatable bonds is 3. The molecule has 0 bridgehead atoms. The molecule has 1 saturated carbocycles. The molecule has 5 heteroatoms. The van der Waals surface area contributed by atoms with E-state index in [0.717, 1.165) is 19.3 Å². The number of amides is 1. The minimum atomic E-state index is -0.134. The van der Waals surface area contributed by atoms with Gasteiger partial charge in [-0.05, 0) is 37.4 Å². The third-order valence-electron chi connectivity index (χ3n) is 3.02. The van der Waals surface area contributed by atoms with Crippen LogP contribution in [0.3, 0.4) is 0 Å². The van der Waals surface area contributed by atoms with E-state index in [0.29, 0.717) is 18.2 Å². The molecule has 3 N–H and O–H groups in total. The van der Waals surface area contributed by atoms with Crippen LogP contribution in [-0.2, 0) is 0 Å². The molecule has 0 saturated heterocycles. The zero-order valence-corrected chi connectivity index (χ0v) is 9.83. The summed E-state index contributed by atoms with van der Waals surface area (Å²) in [6, 6.07) is 3.60. The number of furan rings is 1. The molecule has 4 nitrogen and oxygen atoms in total. The quantitative estimate of drug-likeness (QED) is 0.848. The minimum Gasteiger partial charge on any atom is -0.459 e. The Morgan fingerprint density at radius 1 is 1.56 bits per heavy atom. The Hall–Kier alpha value is -1.00. The predicted octanol–water partition coefficient (Wildman–Crippen LogP) is 1.56. The zero-order valence-electron chi connectivity index (χ0n) is 9.02. The van der Waals surface area contributed by atoms with Crippen molar-refractivity contribution < 1.29 is 9.21 Å². The average molecular weight is 245 g/mol. The Labute approximate surface area is 101 Å². The van der Waals surface area contributed by atoms with Crippen LogP contribution >= 0.6 is 12.4 Å². The molecule has 0 radical (unpaired) electrons. The van der Waals surface area contributed by atoms with Crippen molar-refractivity contribution in [3.8, 4) is 0 Å². The largest absolute Gasteiger partial charge is 0.459 e. The number of nitrogens with two attached hydrogens (primary N) is 1. The normalized spacial score (nSPS) is 23.8. The number of nitrogens with one attached hydrogen (secondary N) is 1. The van der Waals surface area contributed by atoms with E-state index in [9.17, 15) is 4.79 Å². The number of carbonyl (C=O) groups is 1. The Bertz CT molecular complexity index is 327. The molecule has 0 spiro atoms. The van der Waals surface area contributed by atoms with Gasteiger partial charge in [0.15, 0.2) is 5.76 Å². The summed E-state index contributed by atoms with van der Waals surface area (Å²) in [6.45, 7) is 0.642. The molecule has 2 unspecified atom stereocenters. The zero-order chi connectivity index (χ0) is 10.7. The summed E-state index contributed by atoms with van der Waals surface area (Å²) >= 11 is 0. The fourth-order valence-electron chi connectivity index (χ4n) is 2.16. The molecule has 1 aliphatic carbocycles. The lowest BCUT2D eigenvalue weighted by molar-refractivity contribution is 0.0900. The number of hydrogen-bond donors (Lipinski definition) is 2. The van der Waals surface area contributed by atoms with E-state index >= 15 is 0 Å². The van der Waals surface area contributed by atoms with E-state index in [1.807, 2.05) is 0 Å². The number of hydrogen-bond acceptors (Lipinski definition) is 3. The molecule has 16 heavy (non-hydrogen) atoms. The summed E-state index contributed by atoms with van der Waals surface area (Å²) in [5, 5.41) is 2.97. The fourth-order valence-corrected chi connectivity index (χ4v) is 2.16. The van der Waals surface area contributed by atoms with Crippen molar-refractivity contribution >= 4 is 18.3 Å². The van der Waals surface area contributed by atoms with Gasteiger partial charge >= 0.3 is 0 Å². The van der Waals surface area contributed by atoms with E-state index in [2.05, 4.69) is 5.32 Å². The van der Waals surface area contributed by atoms with Crippen molar-refractivity contribution in [2.75, 3.05) is 6.54 Å². The van der Waals surface area contributed by atoms with E-state index in [4.69, 9.17) is 10.2 Å². The Morgan fingerprint density at radius 3 is 3.00 bits per heavy atom. The SMILES string of the molecule is Cl.NCC1CCCC1NC(=O)c1ccco1. The molecule has 90 valence electrons. The highest BCUT2D eigenvalue weighted by Crippen LogP contribution is 2.24. The Kier molecular flexibility index (Phi) is 4.83. The molecule has 1 aromatic rings. The van der Waals surface area contributed by atoms with Gasteiger partial charge in [0.25, 0.3) is 5.91 Å². The van der Waals surface area contributed by atoms with Gasteiger partial charge < -0.3 is 15.5 Å². The molecule has 0 aromatic carbocycles. The smallest absolute Gasteiger partial charge is 0.287 e. The van der Waals surface area contributed by atoms with Crippen LogP contribution in [0.15, 0.2) is 22.8 Å². The van der Waals surface area contributed by atoms with Gasteiger partial charge in [-0.1, -0.05) is 6.42 Å². The van der Waals surface area contributed by atoms with Gasteiger partial charge in [-0.3, -0.25) is 4.79 Å². The minimum absolute atomic E-state index is 0. The van der Waals surface area contributed by atoms with Gasteiger partial charge in [-0.2, -0.15) is 0 Å². The first kappa shape index (κ1) is 13.1. The maximum atomic E-state index is 11.7. The molecule has 1 aliphatic rings. The standard InChI is InChI=1S/C11H16N2O2.ClH/c12-7-8-3-1-4-9(8)13-11(14)10-5-2-6-15-10;/h2,5-6,8-9H,1,3-4,7,12H2,(H,13,14);1H. The second-order valence-corrected chi connectivity index (χ2v) is 3.98. The first-order valence-electron chi connectivity index (χ1n) is 5.35. The van der Waals surface area contributed by atoms with Crippen molar-refractivity contribution in [1.29, 1.82) is 0 Å². The highest BCUT2D eigenvalue weighted by molar-refractivity contribution is 5.91. The van der Waals surface area contributed by atoms with Gasteiger partial charge in [0.1, 0.15) is 0 Å². The maximum absolute atomic E-state index is 11.7. The second kappa shape index (κ2) is 5.92. The van der Waals surface area contributed by atoms with Crippen molar-refractivity contribution in [3.05, 3.63) is 24.2 Å². The van der Waals surface area contributed by atoms with E-state index in [-0.39, 0.29) is 24.4 Å². The van der Waals surface area contributed by atoms with Gasteiger partial charge in [-0.15, -0.1) is 12.4 Å². The van der Waals surface area contributed by atoms with E-state index < -0.39 is 0 Å². The average Bonchev–Trinajstić information content (AvgIpc) is 2.87. The third kappa shape index (κ3) is 2.77. The van der Waals surface area contributed by atoms with Crippen molar-refractivity contribution in [3.63, 3.8) is 0 Å². The lowest BCUT2D eigenvalue weighted by Crippen LogP contribution is -2.39. The molecule has 2 atom stereocenters. The van der Waals surface area contributed by atoms with Crippen LogP contribution in [-0.4, -0.2) is 18.5 Å². The lowest BCUT2D eigenvalue weighted by Gasteiger charge is -2.18. The monoisotopic (exact) mass is 244 g/mol. The van der Waals surface area contributed by atoms with Gasteiger partial charge in [-0.25, -0.2) is 0 Å². The summed E-state index contributed by atoms with van der Waals surface area (Å²) in [6.07, 6.45) is 4.78. The van der Waals surface area contributed by atoms with Crippen molar-refractivity contribution in [1.82, 2.24) is 5.32 Å². The maximum Gasteiger partial charge on any atom is 0.287 e. The highest BCUT2D eigenvalue weighted by atomic mass is 35.5. The van der Waals surface area contributed by atoms with Gasteiger partial charge in [0.2, 0.25) is 0 Å². The summed E-state index contributed by atoms with van der Waals surface area (Å²) in [5.41, 5.74) is 5.64. The highest BCUT2D eigenvalue weighted by Gasteiger charge is 2.27. The Balaban J connectivity index is 0.00000128. The van der Waals surface area contributed by atoms with Crippen molar-refractivity contribution in [2.45, 2.75) is 25.3 Å². The van der Waals surface area contributed by atoms with E-state index in [1.54, 1.807) is 12.1 Å². The van der Waals surface area contributed by atoms with Gasteiger partial charge in [0, 0.05) is 6.04 Å². The summed E-state index contributed by atoms with van der Waals surface area (Å²) in [7, 11) is 0. The second-order valence-electron chi connectivity index (χ2n) is 3.98.